The predicted molar refractivity (Wildman–Crippen MR) is 164 cm³/mol. The Bertz CT molecular complexity index is 1420. The van der Waals surface area contributed by atoms with Gasteiger partial charge in [-0.2, -0.15) is 4.72 Å². The molecule has 4 rings (SSSR count). The van der Waals surface area contributed by atoms with Crippen molar-refractivity contribution in [2.45, 2.75) is 64.4 Å². The Morgan fingerprint density at radius 1 is 0.650 bits per heavy atom. The van der Waals surface area contributed by atoms with Gasteiger partial charge in [0.15, 0.2) is 0 Å². The Morgan fingerprint density at radius 2 is 1.02 bits per heavy atom. The number of benzene rings is 4. The van der Waals surface area contributed by atoms with Gasteiger partial charge in [0.05, 0.1) is 10.3 Å². The van der Waals surface area contributed by atoms with Crippen molar-refractivity contribution >= 4 is 21.6 Å². The summed E-state index contributed by atoms with van der Waals surface area (Å²) in [7, 11) is -3.90. The number of aryl methyl sites for hydroxylation is 1. The number of nitrogens with one attached hydrogen (secondary N) is 1. The summed E-state index contributed by atoms with van der Waals surface area (Å²) in [6, 6.07) is 24.7. The molecule has 0 heterocycles. The Kier molecular flexibility index (Phi) is 11.9. The molecule has 0 saturated heterocycles. The molecule has 0 bridgehead atoms. The maximum Gasteiger partial charge on any atom is 0.242 e. The molecular weight excluding hydrogens is 625 g/mol. The monoisotopic (exact) mass is 664 g/mol. The molecule has 0 radical (unpaired) electrons. The van der Waals surface area contributed by atoms with Gasteiger partial charge in [-0.1, -0.05) is 78.4 Å². The van der Waals surface area contributed by atoms with Crippen molar-refractivity contribution in [3.05, 3.63) is 135 Å². The molecule has 40 heavy (non-hydrogen) atoms. The maximum atomic E-state index is 13.0. The maximum absolute atomic E-state index is 13.0. The molecule has 4 nitrogen and oxygen atoms in total. The van der Waals surface area contributed by atoms with Crippen LogP contribution in [0.25, 0.3) is 0 Å². The first-order valence-electron chi connectivity index (χ1n) is 13.0. The summed E-state index contributed by atoms with van der Waals surface area (Å²) < 4.78 is 28.7. The van der Waals surface area contributed by atoms with Crippen LogP contribution in [0.15, 0.2) is 89.8 Å². The molecule has 0 aliphatic carbocycles. The van der Waals surface area contributed by atoms with Crippen LogP contribution in [-0.4, -0.2) is 8.42 Å². The standard InChI is InChI=1S/C21H21ClN2O2S.C12H18.Ru/c1-16-12-14-19(15-13-16)27(25,26)24-21(23,18-10-6-3-7-11-18)20(22)17-8-4-2-5-9-17;1-7-8(2)10(4)12(6)11(5)9(7)3;/h2-15,20,24H,23H2,1H3;1-6H3;/t20-,21-;;/m1../s1. The summed E-state index contributed by atoms with van der Waals surface area (Å²) in [6.07, 6.45) is 0. The van der Waals surface area contributed by atoms with Crippen molar-refractivity contribution < 1.29 is 27.9 Å². The molecule has 0 saturated carbocycles. The first kappa shape index (κ1) is 33.9. The zero-order chi connectivity index (χ0) is 29.0. The second-order valence-electron chi connectivity index (χ2n) is 10.2. The molecule has 4 aromatic carbocycles. The Labute approximate surface area is 258 Å². The van der Waals surface area contributed by atoms with E-state index in [1.54, 1.807) is 48.5 Å². The first-order valence-corrected chi connectivity index (χ1v) is 14.9. The SMILES string of the molecule is Cc1c(C)c(C)c(C)c(C)c1C.Cc1ccc(S(=O)(=O)N[C@](N)(c2ccccc2)[C@H](Cl)c2ccccc2)cc1.[Ru]. The van der Waals surface area contributed by atoms with Gasteiger partial charge in [0, 0.05) is 19.5 Å². The first-order chi connectivity index (χ1) is 18.3. The quantitative estimate of drug-likeness (QED) is 0.127. The number of hydrogen-bond acceptors (Lipinski definition) is 3. The molecule has 2 atom stereocenters. The molecule has 0 spiro atoms. The summed E-state index contributed by atoms with van der Waals surface area (Å²) in [5, 5.41) is -0.818. The van der Waals surface area contributed by atoms with Crippen LogP contribution in [0.2, 0.25) is 0 Å². The number of nitrogens with two attached hydrogens (primary N) is 1. The van der Waals surface area contributed by atoms with Gasteiger partial charge in [-0.25, -0.2) is 8.42 Å². The fourth-order valence-electron chi connectivity index (χ4n) is 4.54. The van der Waals surface area contributed by atoms with Crippen molar-refractivity contribution in [2.75, 3.05) is 0 Å². The van der Waals surface area contributed by atoms with Gasteiger partial charge in [0.1, 0.15) is 5.66 Å². The third kappa shape index (κ3) is 7.49. The second-order valence-corrected chi connectivity index (χ2v) is 12.3. The molecule has 0 aliphatic heterocycles. The van der Waals surface area contributed by atoms with Gasteiger partial charge >= 0.3 is 0 Å². The minimum atomic E-state index is -3.90. The molecule has 4 aromatic rings. The van der Waals surface area contributed by atoms with Crippen LogP contribution in [0.4, 0.5) is 0 Å². The molecular formula is C33H39ClN2O2RuS. The van der Waals surface area contributed by atoms with E-state index in [0.29, 0.717) is 5.56 Å². The van der Waals surface area contributed by atoms with E-state index in [1.807, 2.05) is 43.3 Å². The van der Waals surface area contributed by atoms with Crippen LogP contribution in [-0.2, 0) is 35.2 Å². The van der Waals surface area contributed by atoms with Crippen molar-refractivity contribution in [1.82, 2.24) is 4.72 Å². The van der Waals surface area contributed by atoms with Crippen LogP contribution in [0.5, 0.6) is 0 Å². The summed E-state index contributed by atoms with van der Waals surface area (Å²) in [5.74, 6) is 0. The summed E-state index contributed by atoms with van der Waals surface area (Å²) >= 11 is 6.71. The smallest absolute Gasteiger partial charge is 0.242 e. The van der Waals surface area contributed by atoms with E-state index >= 15 is 0 Å². The Hall–Kier alpha value is -2.34. The Morgan fingerprint density at radius 3 is 1.43 bits per heavy atom. The topological polar surface area (TPSA) is 72.2 Å². The van der Waals surface area contributed by atoms with Crippen molar-refractivity contribution in [3.8, 4) is 0 Å². The number of hydrogen-bond donors (Lipinski definition) is 2. The number of halogens is 1. The summed E-state index contributed by atoms with van der Waals surface area (Å²) in [5.41, 5.74) is 16.1. The molecule has 0 aliphatic rings. The van der Waals surface area contributed by atoms with Crippen molar-refractivity contribution in [2.24, 2.45) is 5.73 Å². The van der Waals surface area contributed by atoms with Gasteiger partial charge in [-0.15, -0.1) is 11.6 Å². The van der Waals surface area contributed by atoms with E-state index in [1.165, 1.54) is 33.4 Å². The van der Waals surface area contributed by atoms with Crippen LogP contribution in [0, 0.1) is 48.5 Å². The van der Waals surface area contributed by atoms with E-state index in [-0.39, 0.29) is 24.4 Å². The van der Waals surface area contributed by atoms with E-state index in [2.05, 4.69) is 46.3 Å². The summed E-state index contributed by atoms with van der Waals surface area (Å²) in [6.45, 7) is 15.2. The molecule has 214 valence electrons. The van der Waals surface area contributed by atoms with Crippen LogP contribution in [0.3, 0.4) is 0 Å². The number of rotatable bonds is 6. The van der Waals surface area contributed by atoms with Crippen molar-refractivity contribution in [1.29, 1.82) is 0 Å². The van der Waals surface area contributed by atoms with Gasteiger partial charge in [-0.3, -0.25) is 0 Å². The minimum absolute atomic E-state index is 0. The van der Waals surface area contributed by atoms with Crippen LogP contribution >= 0.6 is 11.6 Å². The molecule has 0 amide bonds. The average molecular weight is 664 g/mol. The van der Waals surface area contributed by atoms with E-state index < -0.39 is 21.1 Å². The summed E-state index contributed by atoms with van der Waals surface area (Å²) in [4.78, 5) is 0.135. The van der Waals surface area contributed by atoms with E-state index in [4.69, 9.17) is 17.3 Å². The van der Waals surface area contributed by atoms with Gasteiger partial charge in [0.25, 0.3) is 0 Å². The predicted octanol–water partition coefficient (Wildman–Crippen LogP) is 7.60. The van der Waals surface area contributed by atoms with E-state index in [9.17, 15) is 8.42 Å². The molecule has 0 unspecified atom stereocenters. The fraction of sp³-hybridized carbons (Fsp3) is 0.273. The molecule has 7 heteroatoms. The number of sulfonamides is 1. The molecule has 0 aromatic heterocycles. The fourth-order valence-corrected chi connectivity index (χ4v) is 6.23. The molecule has 3 N–H and O–H groups in total. The van der Waals surface area contributed by atoms with Crippen molar-refractivity contribution in [3.63, 3.8) is 0 Å². The number of alkyl halides is 1. The average Bonchev–Trinajstić information content (AvgIpc) is 2.95. The Balaban J connectivity index is 0.000000363. The zero-order valence-electron chi connectivity index (χ0n) is 24.2. The van der Waals surface area contributed by atoms with Gasteiger partial charge in [0.2, 0.25) is 10.0 Å². The molecule has 0 fully saturated rings. The van der Waals surface area contributed by atoms with E-state index in [0.717, 1.165) is 11.1 Å². The zero-order valence-corrected chi connectivity index (χ0v) is 27.5. The van der Waals surface area contributed by atoms with Crippen LogP contribution in [0.1, 0.15) is 55.4 Å². The minimum Gasteiger partial charge on any atom is -0.307 e. The van der Waals surface area contributed by atoms with Gasteiger partial charge < -0.3 is 5.73 Å². The largest absolute Gasteiger partial charge is 0.307 e. The second kappa shape index (κ2) is 14.0. The van der Waals surface area contributed by atoms with Crippen LogP contribution < -0.4 is 10.5 Å². The third-order valence-corrected chi connectivity index (χ3v) is 9.85. The normalized spacial score (nSPS) is 13.3. The van der Waals surface area contributed by atoms with Gasteiger partial charge in [-0.05, 0) is 105 Å². The third-order valence-electron chi connectivity index (χ3n) is 7.75.